The summed E-state index contributed by atoms with van der Waals surface area (Å²) in [7, 11) is 0. The Labute approximate surface area is 113 Å². The quantitative estimate of drug-likeness (QED) is 0.787. The minimum absolute atomic E-state index is 0.456. The third-order valence-corrected chi connectivity index (χ3v) is 4.78. The van der Waals surface area contributed by atoms with Gasteiger partial charge in [-0.3, -0.25) is 0 Å². The van der Waals surface area contributed by atoms with Crippen molar-refractivity contribution in [3.63, 3.8) is 0 Å². The van der Waals surface area contributed by atoms with E-state index in [0.717, 1.165) is 12.0 Å². The first-order valence-electron chi connectivity index (χ1n) is 7.20. The monoisotopic (exact) mass is 257 g/mol. The first-order valence-corrected chi connectivity index (χ1v) is 8.59. The lowest BCUT2D eigenvalue weighted by Crippen LogP contribution is -2.47. The van der Waals surface area contributed by atoms with Crippen LogP contribution in [0.1, 0.15) is 59.8 Å². The van der Waals surface area contributed by atoms with Crippen LogP contribution in [0.3, 0.4) is 0 Å². The minimum Gasteiger partial charge on any atom is -0.311 e. The van der Waals surface area contributed by atoms with Crippen LogP contribution in [-0.4, -0.2) is 24.1 Å². The van der Waals surface area contributed by atoms with E-state index in [9.17, 15) is 0 Å². The van der Waals surface area contributed by atoms with Crippen molar-refractivity contribution < 1.29 is 0 Å². The molecule has 0 aromatic heterocycles. The van der Waals surface area contributed by atoms with Gasteiger partial charge in [0, 0.05) is 12.1 Å². The second-order valence-corrected chi connectivity index (χ2v) is 7.70. The van der Waals surface area contributed by atoms with E-state index in [1.54, 1.807) is 0 Å². The fourth-order valence-corrected chi connectivity index (χ4v) is 3.70. The molecule has 0 aromatic carbocycles. The average Bonchev–Trinajstić information content (AvgIpc) is 2.25. The molecule has 0 aromatic rings. The summed E-state index contributed by atoms with van der Waals surface area (Å²) in [6, 6.07) is 1.43. The molecule has 0 spiro atoms. The van der Waals surface area contributed by atoms with Crippen LogP contribution in [0.4, 0.5) is 0 Å². The van der Waals surface area contributed by atoms with Gasteiger partial charge in [0.2, 0.25) is 0 Å². The molecule has 3 atom stereocenters. The van der Waals surface area contributed by atoms with E-state index < -0.39 is 0 Å². The van der Waals surface area contributed by atoms with Gasteiger partial charge in [-0.1, -0.05) is 33.6 Å². The van der Waals surface area contributed by atoms with Crippen molar-refractivity contribution in [2.45, 2.75) is 71.9 Å². The molecule has 0 bridgehead atoms. The Bertz CT molecular complexity index is 209. The first kappa shape index (κ1) is 15.4. The first-order chi connectivity index (χ1) is 7.95. The lowest BCUT2D eigenvalue weighted by atomic mass is 9.69. The zero-order chi connectivity index (χ0) is 12.9. The van der Waals surface area contributed by atoms with Crippen molar-refractivity contribution in [2.75, 3.05) is 12.0 Å². The Morgan fingerprint density at radius 3 is 2.47 bits per heavy atom. The van der Waals surface area contributed by atoms with Gasteiger partial charge in [0.05, 0.1) is 0 Å². The molecule has 1 fully saturated rings. The highest BCUT2D eigenvalue weighted by molar-refractivity contribution is 7.98. The lowest BCUT2D eigenvalue weighted by Gasteiger charge is -2.42. The zero-order valence-electron chi connectivity index (χ0n) is 12.4. The molecule has 1 rings (SSSR count). The number of rotatable bonds is 5. The van der Waals surface area contributed by atoms with Gasteiger partial charge in [0.25, 0.3) is 0 Å². The van der Waals surface area contributed by atoms with Gasteiger partial charge in [0.1, 0.15) is 0 Å². The predicted molar refractivity (Wildman–Crippen MR) is 80.8 cm³/mol. The van der Waals surface area contributed by atoms with E-state index in [4.69, 9.17) is 0 Å². The summed E-state index contributed by atoms with van der Waals surface area (Å²) in [5.41, 5.74) is 0.456. The second-order valence-electron chi connectivity index (χ2n) is 6.71. The number of thioether (sulfide) groups is 1. The Balaban J connectivity index is 2.48. The van der Waals surface area contributed by atoms with E-state index >= 15 is 0 Å². The number of hydrogen-bond acceptors (Lipinski definition) is 2. The molecule has 0 radical (unpaired) electrons. The molecule has 102 valence electrons. The molecule has 0 amide bonds. The summed E-state index contributed by atoms with van der Waals surface area (Å²) in [5.74, 6) is 2.13. The van der Waals surface area contributed by atoms with Crippen LogP contribution in [0.5, 0.6) is 0 Å². The van der Waals surface area contributed by atoms with Gasteiger partial charge >= 0.3 is 0 Å². The Kier molecular flexibility index (Phi) is 6.36. The van der Waals surface area contributed by atoms with Gasteiger partial charge in [0.15, 0.2) is 0 Å². The SMILES string of the molecule is CSCCC(C)NC1CCCCC1C(C)(C)C. The van der Waals surface area contributed by atoms with Crippen molar-refractivity contribution in [3.8, 4) is 0 Å². The Hall–Kier alpha value is 0.310. The summed E-state index contributed by atoms with van der Waals surface area (Å²) in [5, 5.41) is 3.90. The van der Waals surface area contributed by atoms with E-state index in [-0.39, 0.29) is 0 Å². The van der Waals surface area contributed by atoms with Gasteiger partial charge in [-0.15, -0.1) is 0 Å². The van der Waals surface area contributed by atoms with Crippen LogP contribution in [0.25, 0.3) is 0 Å². The molecule has 1 N–H and O–H groups in total. The van der Waals surface area contributed by atoms with Gasteiger partial charge in [-0.25, -0.2) is 0 Å². The molecule has 17 heavy (non-hydrogen) atoms. The highest BCUT2D eigenvalue weighted by Gasteiger charge is 2.34. The molecular weight excluding hydrogens is 226 g/mol. The molecule has 1 saturated carbocycles. The number of nitrogens with one attached hydrogen (secondary N) is 1. The summed E-state index contributed by atoms with van der Waals surface area (Å²) < 4.78 is 0. The molecule has 1 aliphatic carbocycles. The van der Waals surface area contributed by atoms with Crippen LogP contribution in [-0.2, 0) is 0 Å². The largest absolute Gasteiger partial charge is 0.311 e. The van der Waals surface area contributed by atoms with E-state index in [0.29, 0.717) is 11.5 Å². The average molecular weight is 257 g/mol. The third kappa shape index (κ3) is 5.21. The molecular formula is C15H31NS. The zero-order valence-corrected chi connectivity index (χ0v) is 13.2. The Morgan fingerprint density at radius 1 is 1.24 bits per heavy atom. The van der Waals surface area contributed by atoms with Crippen LogP contribution >= 0.6 is 11.8 Å². The fourth-order valence-electron chi connectivity index (χ4n) is 3.11. The van der Waals surface area contributed by atoms with Gasteiger partial charge < -0.3 is 5.32 Å². The minimum atomic E-state index is 0.456. The van der Waals surface area contributed by atoms with Crippen molar-refractivity contribution in [1.82, 2.24) is 5.32 Å². The summed E-state index contributed by atoms with van der Waals surface area (Å²) in [4.78, 5) is 0. The highest BCUT2D eigenvalue weighted by Crippen LogP contribution is 2.38. The molecule has 0 saturated heterocycles. The molecule has 3 unspecified atom stereocenters. The van der Waals surface area contributed by atoms with E-state index in [1.807, 2.05) is 11.8 Å². The highest BCUT2D eigenvalue weighted by atomic mass is 32.2. The predicted octanol–water partition coefficient (Wildman–Crippen LogP) is 4.32. The third-order valence-electron chi connectivity index (χ3n) is 4.13. The molecule has 0 aliphatic heterocycles. The van der Waals surface area contributed by atoms with Crippen molar-refractivity contribution in [2.24, 2.45) is 11.3 Å². The normalized spacial score (nSPS) is 28.1. The van der Waals surface area contributed by atoms with Crippen LogP contribution in [0.15, 0.2) is 0 Å². The Morgan fingerprint density at radius 2 is 1.88 bits per heavy atom. The molecule has 0 heterocycles. The number of hydrogen-bond donors (Lipinski definition) is 1. The van der Waals surface area contributed by atoms with Gasteiger partial charge in [-0.2, -0.15) is 11.8 Å². The molecule has 1 aliphatic rings. The smallest absolute Gasteiger partial charge is 0.0103 e. The van der Waals surface area contributed by atoms with Crippen molar-refractivity contribution in [3.05, 3.63) is 0 Å². The summed E-state index contributed by atoms with van der Waals surface area (Å²) >= 11 is 1.96. The van der Waals surface area contributed by atoms with Crippen LogP contribution < -0.4 is 5.32 Å². The molecule has 2 heteroatoms. The van der Waals surface area contributed by atoms with Crippen LogP contribution in [0.2, 0.25) is 0 Å². The summed E-state index contributed by atoms with van der Waals surface area (Å²) in [6.07, 6.45) is 9.14. The van der Waals surface area contributed by atoms with E-state index in [2.05, 4.69) is 39.3 Å². The second kappa shape index (κ2) is 7.04. The molecule has 1 nitrogen and oxygen atoms in total. The standard InChI is InChI=1S/C15H31NS/c1-12(10-11-17-5)16-14-9-7-6-8-13(14)15(2,3)4/h12-14,16H,6-11H2,1-5H3. The van der Waals surface area contributed by atoms with Gasteiger partial charge in [-0.05, 0) is 49.5 Å². The van der Waals surface area contributed by atoms with Crippen molar-refractivity contribution in [1.29, 1.82) is 0 Å². The lowest BCUT2D eigenvalue weighted by molar-refractivity contribution is 0.124. The van der Waals surface area contributed by atoms with Crippen molar-refractivity contribution >= 4 is 11.8 Å². The maximum absolute atomic E-state index is 3.90. The topological polar surface area (TPSA) is 12.0 Å². The van der Waals surface area contributed by atoms with E-state index in [1.165, 1.54) is 37.9 Å². The summed E-state index contributed by atoms with van der Waals surface area (Å²) in [6.45, 7) is 9.57. The van der Waals surface area contributed by atoms with Crippen LogP contribution in [0, 0.1) is 11.3 Å². The maximum Gasteiger partial charge on any atom is 0.0103 e. The fraction of sp³-hybridized carbons (Fsp3) is 1.00. The maximum atomic E-state index is 3.90.